The number of hydrogen-bond acceptors (Lipinski definition) is 2. The van der Waals surface area contributed by atoms with Gasteiger partial charge in [-0.25, -0.2) is 0 Å². The van der Waals surface area contributed by atoms with Crippen LogP contribution in [0, 0.1) is 0 Å². The van der Waals surface area contributed by atoms with Crippen LogP contribution in [0.25, 0.3) is 0 Å². The van der Waals surface area contributed by atoms with Gasteiger partial charge in [0.05, 0.1) is 0 Å². The summed E-state index contributed by atoms with van der Waals surface area (Å²) in [5.41, 5.74) is 0. The molecule has 0 amide bonds. The van der Waals surface area contributed by atoms with E-state index in [-0.39, 0.29) is 0 Å². The van der Waals surface area contributed by atoms with Crippen molar-refractivity contribution in [1.29, 1.82) is 0 Å². The second kappa shape index (κ2) is 9.77. The van der Waals surface area contributed by atoms with Crippen LogP contribution in [-0.4, -0.2) is 22.5 Å². The molecule has 0 fully saturated rings. The summed E-state index contributed by atoms with van der Waals surface area (Å²) in [4.78, 5) is 0. The molecule has 2 nitrogen and oxygen atoms in total. The molecule has 0 unspecified atom stereocenters. The van der Waals surface area contributed by atoms with Crippen molar-refractivity contribution in [3.8, 4) is 0 Å². The summed E-state index contributed by atoms with van der Waals surface area (Å²) in [6.45, 7) is 15.7. The average Bonchev–Trinajstić information content (AvgIpc) is 2.24. The first kappa shape index (κ1) is 19.9. The van der Waals surface area contributed by atoms with Gasteiger partial charge in [-0.05, 0) is 38.8 Å². The Hall–Kier alpha value is -0.0962. The van der Waals surface area contributed by atoms with Crippen LogP contribution in [0.2, 0.25) is 38.8 Å². The Morgan fingerprint density at radius 2 is 1.35 bits per heavy atom. The van der Waals surface area contributed by atoms with Gasteiger partial charge in [-0.3, -0.25) is 4.66 Å². The van der Waals surface area contributed by atoms with E-state index in [1.54, 1.807) is 0 Å². The molecule has 0 aromatic carbocycles. The van der Waals surface area contributed by atoms with Gasteiger partial charge in [-0.15, -0.1) is 0 Å². The molecule has 0 N–H and O–H groups in total. The summed E-state index contributed by atoms with van der Waals surface area (Å²) in [7, 11) is -2.94. The third kappa shape index (κ3) is 12.9. The van der Waals surface area contributed by atoms with Crippen LogP contribution in [0.5, 0.6) is 0 Å². The quantitative estimate of drug-likeness (QED) is 0.203. The number of nitrogens with zero attached hydrogens (tertiary/aromatic N) is 1. The fourth-order valence-electron chi connectivity index (χ4n) is 2.45. The Balaban J connectivity index is 3.87. The van der Waals surface area contributed by atoms with Crippen molar-refractivity contribution in [2.45, 2.75) is 97.6 Å². The highest BCUT2D eigenvalue weighted by Gasteiger charge is 2.25. The van der Waals surface area contributed by atoms with Crippen LogP contribution < -0.4 is 0 Å². The van der Waals surface area contributed by atoms with E-state index in [0.717, 1.165) is 5.90 Å². The van der Waals surface area contributed by atoms with E-state index in [2.05, 4.69) is 39.7 Å². The largest absolute Gasteiger partial charge is 0.535 e. The van der Waals surface area contributed by atoms with E-state index in [1.165, 1.54) is 51.0 Å². The monoisotopic (exact) mass is 315 g/mol. The molecule has 0 aliphatic carbocycles. The number of rotatable bonds is 10. The van der Waals surface area contributed by atoms with Crippen molar-refractivity contribution in [3.63, 3.8) is 0 Å². The van der Waals surface area contributed by atoms with Crippen molar-refractivity contribution < 1.29 is 4.43 Å². The maximum absolute atomic E-state index is 6.18. The highest BCUT2D eigenvalue weighted by molar-refractivity contribution is 6.76. The Kier molecular flexibility index (Phi) is 9.72. The molecular formula is C16H37NOSi2. The predicted molar refractivity (Wildman–Crippen MR) is 97.8 cm³/mol. The van der Waals surface area contributed by atoms with Crippen LogP contribution in [0.3, 0.4) is 0 Å². The molecular weight excluding hydrogens is 278 g/mol. The van der Waals surface area contributed by atoms with Gasteiger partial charge >= 0.3 is 0 Å². The highest BCUT2D eigenvalue weighted by Crippen LogP contribution is 2.18. The first-order chi connectivity index (χ1) is 9.16. The maximum atomic E-state index is 6.18. The van der Waals surface area contributed by atoms with Crippen molar-refractivity contribution in [3.05, 3.63) is 0 Å². The summed E-state index contributed by atoms with van der Waals surface area (Å²) >= 11 is 0. The van der Waals surface area contributed by atoms with E-state index < -0.39 is 16.6 Å². The molecule has 0 aliphatic heterocycles. The Morgan fingerprint density at radius 1 is 0.850 bits per heavy atom. The van der Waals surface area contributed by atoms with E-state index in [0.29, 0.717) is 0 Å². The predicted octanol–water partition coefficient (Wildman–Crippen LogP) is 6.21. The maximum Gasteiger partial charge on any atom is 0.246 e. The van der Waals surface area contributed by atoms with Gasteiger partial charge in [0.15, 0.2) is 14.1 Å². The van der Waals surface area contributed by atoms with Gasteiger partial charge in [-0.1, -0.05) is 51.9 Å². The van der Waals surface area contributed by atoms with Crippen LogP contribution in [-0.2, 0) is 4.43 Å². The molecule has 0 radical (unpaired) electrons. The zero-order valence-corrected chi connectivity index (χ0v) is 17.0. The van der Waals surface area contributed by atoms with Gasteiger partial charge in [0.25, 0.3) is 0 Å². The zero-order chi connectivity index (χ0) is 15.6. The lowest BCUT2D eigenvalue weighted by molar-refractivity contribution is 0.527. The summed E-state index contributed by atoms with van der Waals surface area (Å²) in [6.07, 6.45) is 9.65. The van der Waals surface area contributed by atoms with Gasteiger partial charge in [0.1, 0.15) is 0 Å². The fraction of sp³-hybridized carbons (Fsp3) is 0.938. The van der Waals surface area contributed by atoms with E-state index in [1.807, 2.05) is 6.92 Å². The first-order valence-corrected chi connectivity index (χ1v) is 15.0. The lowest BCUT2D eigenvalue weighted by Crippen LogP contribution is -2.33. The van der Waals surface area contributed by atoms with Crippen molar-refractivity contribution in [1.82, 2.24) is 0 Å². The minimum absolute atomic E-state index is 0.934. The smallest absolute Gasteiger partial charge is 0.246 e. The lowest BCUT2D eigenvalue weighted by atomic mass is 10.1. The molecule has 4 heteroatoms. The molecule has 20 heavy (non-hydrogen) atoms. The van der Waals surface area contributed by atoms with Crippen LogP contribution in [0.15, 0.2) is 4.66 Å². The normalized spacial score (nSPS) is 13.7. The van der Waals surface area contributed by atoms with E-state index in [4.69, 9.17) is 9.08 Å². The molecule has 0 heterocycles. The number of unbranched alkanes of at least 4 members (excludes halogenated alkanes) is 6. The zero-order valence-electron chi connectivity index (χ0n) is 15.0. The van der Waals surface area contributed by atoms with Crippen molar-refractivity contribution in [2.75, 3.05) is 0 Å². The minimum Gasteiger partial charge on any atom is -0.535 e. The van der Waals surface area contributed by atoms with E-state index >= 15 is 0 Å². The molecule has 0 aromatic heterocycles. The average molecular weight is 316 g/mol. The Morgan fingerprint density at radius 3 is 1.85 bits per heavy atom. The van der Waals surface area contributed by atoms with Crippen LogP contribution in [0.1, 0.15) is 58.8 Å². The third-order valence-corrected chi connectivity index (χ3v) is 6.69. The van der Waals surface area contributed by atoms with Gasteiger partial charge in [-0.2, -0.15) is 0 Å². The summed E-state index contributed by atoms with van der Waals surface area (Å²) < 4.78 is 10.9. The standard InChI is InChI=1S/C16H37NOSi2/c1-8-9-10-11-12-13-14-15-20(6,7)18-16(2)17-19(3,4)5/h8-15H2,1-7H3. The Labute approximate surface area is 129 Å². The van der Waals surface area contributed by atoms with Crippen LogP contribution >= 0.6 is 0 Å². The number of hydrogen-bond donors (Lipinski definition) is 0. The van der Waals surface area contributed by atoms with Crippen molar-refractivity contribution >= 4 is 22.5 Å². The molecule has 120 valence electrons. The molecule has 0 aromatic rings. The molecule has 0 atom stereocenters. The van der Waals surface area contributed by atoms with Gasteiger partial charge in [0.2, 0.25) is 8.32 Å². The minimum atomic E-state index is -1.55. The van der Waals surface area contributed by atoms with Gasteiger partial charge < -0.3 is 4.43 Å². The Bertz CT molecular complexity index is 283. The topological polar surface area (TPSA) is 21.6 Å². The first-order valence-electron chi connectivity index (χ1n) is 8.42. The van der Waals surface area contributed by atoms with Gasteiger partial charge in [0, 0.05) is 6.92 Å². The second-order valence-corrected chi connectivity index (χ2v) is 16.3. The third-order valence-electron chi connectivity index (χ3n) is 3.30. The van der Waals surface area contributed by atoms with E-state index in [9.17, 15) is 0 Å². The molecule has 0 rings (SSSR count). The van der Waals surface area contributed by atoms with Crippen molar-refractivity contribution in [2.24, 2.45) is 4.66 Å². The molecule has 0 bridgehead atoms. The second-order valence-electron chi connectivity index (χ2n) is 7.53. The molecule has 0 saturated heterocycles. The molecule has 0 saturated carbocycles. The van der Waals surface area contributed by atoms with Crippen LogP contribution in [0.4, 0.5) is 0 Å². The lowest BCUT2D eigenvalue weighted by Gasteiger charge is -2.25. The summed E-state index contributed by atoms with van der Waals surface area (Å²) in [5, 5.41) is 0. The fourth-order valence-corrected chi connectivity index (χ4v) is 5.58. The summed E-state index contributed by atoms with van der Waals surface area (Å²) in [6, 6.07) is 1.26. The molecule has 0 spiro atoms. The summed E-state index contributed by atoms with van der Waals surface area (Å²) in [5.74, 6) is 0.934. The highest BCUT2D eigenvalue weighted by atomic mass is 28.4. The molecule has 0 aliphatic rings. The SMILES string of the molecule is CCCCCCCCC[Si](C)(C)OC(C)=N[Si](C)(C)C.